The first-order valence-corrected chi connectivity index (χ1v) is 10.3. The van der Waals surface area contributed by atoms with E-state index in [4.69, 9.17) is 0 Å². The Kier molecular flexibility index (Phi) is 3.57. The summed E-state index contributed by atoms with van der Waals surface area (Å²) in [6.45, 7) is 12.7. The summed E-state index contributed by atoms with van der Waals surface area (Å²) >= 11 is 0. The third-order valence-corrected chi connectivity index (χ3v) is 8.99. The topological polar surface area (TPSA) is 20.2 Å². The van der Waals surface area contributed by atoms with Gasteiger partial charge in [-0.1, -0.05) is 41.0 Å². The molecule has 4 aliphatic carbocycles. The van der Waals surface area contributed by atoms with Crippen LogP contribution >= 0.6 is 0 Å². The zero-order valence-corrected chi connectivity index (χ0v) is 16.1. The molecular weight excluding hydrogens is 280 g/mol. The van der Waals surface area contributed by atoms with Crippen LogP contribution in [0.25, 0.3) is 0 Å². The summed E-state index contributed by atoms with van der Waals surface area (Å²) in [5.41, 5.74) is 1.53. The summed E-state index contributed by atoms with van der Waals surface area (Å²) in [6.07, 6.45) is 10.6. The van der Waals surface area contributed by atoms with Crippen LogP contribution in [0.15, 0.2) is 0 Å². The Balaban J connectivity index is 1.76. The Morgan fingerprint density at radius 1 is 0.696 bits per heavy atom. The lowest BCUT2D eigenvalue weighted by atomic mass is 9.59. The van der Waals surface area contributed by atoms with Gasteiger partial charge in [0.15, 0.2) is 0 Å². The van der Waals surface area contributed by atoms with Crippen molar-refractivity contribution in [3.05, 3.63) is 0 Å². The van der Waals surface area contributed by atoms with E-state index in [1.807, 2.05) is 0 Å². The van der Waals surface area contributed by atoms with Crippen molar-refractivity contribution >= 4 is 0 Å². The minimum Gasteiger partial charge on any atom is -0.393 e. The van der Waals surface area contributed by atoms with E-state index < -0.39 is 0 Å². The van der Waals surface area contributed by atoms with Gasteiger partial charge in [0.05, 0.1) is 6.10 Å². The number of rotatable bonds is 0. The van der Waals surface area contributed by atoms with E-state index in [2.05, 4.69) is 34.6 Å². The molecule has 0 amide bonds. The lowest BCUT2D eigenvalue weighted by Crippen LogP contribution is -2.40. The van der Waals surface area contributed by atoms with E-state index in [0.29, 0.717) is 16.2 Å². The Morgan fingerprint density at radius 2 is 1.22 bits per heavy atom. The molecule has 7 atom stereocenters. The molecule has 0 aromatic carbocycles. The Hall–Kier alpha value is -0.0400. The zero-order chi connectivity index (χ0) is 16.6. The summed E-state index contributed by atoms with van der Waals surface area (Å²) in [5.74, 6) is 4.43. The van der Waals surface area contributed by atoms with E-state index in [-0.39, 0.29) is 6.10 Å². The fourth-order valence-corrected chi connectivity index (χ4v) is 8.49. The predicted molar refractivity (Wildman–Crippen MR) is 96.1 cm³/mol. The molecule has 0 aliphatic heterocycles. The molecule has 0 saturated heterocycles. The van der Waals surface area contributed by atoms with Crippen molar-refractivity contribution in [1.82, 2.24) is 0 Å². The third kappa shape index (κ3) is 2.28. The minimum absolute atomic E-state index is 0.0230. The van der Waals surface area contributed by atoms with E-state index >= 15 is 0 Å². The van der Waals surface area contributed by atoms with Gasteiger partial charge >= 0.3 is 0 Å². The average molecular weight is 319 g/mol. The van der Waals surface area contributed by atoms with Crippen LogP contribution in [0, 0.1) is 45.8 Å². The molecule has 0 radical (unpaired) electrons. The standard InChI is InChI=1S/C22H38O/c1-14-6-8-16-18(10-14)22(12-20(16,2)3)13-21(4,5)17-9-7-15(23)11-19(17)22/h14-19,23H,6-13H2,1-5H3. The van der Waals surface area contributed by atoms with Crippen molar-refractivity contribution in [1.29, 1.82) is 0 Å². The highest BCUT2D eigenvalue weighted by molar-refractivity contribution is 5.16. The molecule has 0 heterocycles. The quantitative estimate of drug-likeness (QED) is 0.611. The van der Waals surface area contributed by atoms with Gasteiger partial charge < -0.3 is 5.11 Å². The van der Waals surface area contributed by atoms with Gasteiger partial charge in [0.1, 0.15) is 0 Å². The second-order valence-electron chi connectivity index (χ2n) is 11.4. The van der Waals surface area contributed by atoms with E-state index in [9.17, 15) is 5.11 Å². The van der Waals surface area contributed by atoms with Crippen molar-refractivity contribution < 1.29 is 5.11 Å². The van der Waals surface area contributed by atoms with Crippen LogP contribution in [0.4, 0.5) is 0 Å². The molecule has 0 aromatic heterocycles. The number of aliphatic hydroxyl groups is 1. The highest BCUT2D eigenvalue weighted by Gasteiger charge is 2.67. The molecule has 1 N–H and O–H groups in total. The normalized spacial score (nSPS) is 54.0. The lowest BCUT2D eigenvalue weighted by molar-refractivity contribution is -0.00682. The minimum atomic E-state index is -0.0230. The van der Waals surface area contributed by atoms with Crippen molar-refractivity contribution in [3.63, 3.8) is 0 Å². The van der Waals surface area contributed by atoms with Crippen LogP contribution in [0.2, 0.25) is 0 Å². The molecule has 4 fully saturated rings. The molecular formula is C22H38O. The number of aliphatic hydroxyl groups excluding tert-OH is 1. The third-order valence-electron chi connectivity index (χ3n) is 8.99. The number of fused-ring (bicyclic) bond motifs is 4. The van der Waals surface area contributed by atoms with Crippen LogP contribution in [-0.2, 0) is 0 Å². The average Bonchev–Trinajstić information content (AvgIpc) is 2.78. The van der Waals surface area contributed by atoms with Crippen LogP contribution < -0.4 is 0 Å². The number of hydrogen-bond acceptors (Lipinski definition) is 1. The molecule has 1 nitrogen and oxygen atoms in total. The molecule has 1 spiro atoms. The molecule has 0 bridgehead atoms. The van der Waals surface area contributed by atoms with Crippen LogP contribution in [-0.4, -0.2) is 11.2 Å². The van der Waals surface area contributed by atoms with Crippen molar-refractivity contribution in [2.45, 2.75) is 92.1 Å². The van der Waals surface area contributed by atoms with Gasteiger partial charge in [-0.05, 0) is 90.8 Å². The summed E-state index contributed by atoms with van der Waals surface area (Å²) < 4.78 is 0. The maximum absolute atomic E-state index is 10.4. The predicted octanol–water partition coefficient (Wildman–Crippen LogP) is 5.66. The van der Waals surface area contributed by atoms with Gasteiger partial charge in [-0.2, -0.15) is 0 Å². The first kappa shape index (κ1) is 16.4. The van der Waals surface area contributed by atoms with Crippen LogP contribution in [0.5, 0.6) is 0 Å². The van der Waals surface area contributed by atoms with Gasteiger partial charge in [-0.15, -0.1) is 0 Å². The van der Waals surface area contributed by atoms with Crippen molar-refractivity contribution in [2.75, 3.05) is 0 Å². The molecule has 4 rings (SSSR count). The van der Waals surface area contributed by atoms with E-state index in [1.165, 1.54) is 38.5 Å². The molecule has 1 heteroatoms. The molecule has 4 saturated carbocycles. The fraction of sp³-hybridized carbons (Fsp3) is 1.00. The smallest absolute Gasteiger partial charge is 0.0543 e. The monoisotopic (exact) mass is 318 g/mol. The van der Waals surface area contributed by atoms with Gasteiger partial charge in [-0.25, -0.2) is 0 Å². The Morgan fingerprint density at radius 3 is 1.83 bits per heavy atom. The Bertz CT molecular complexity index is 432. The zero-order valence-electron chi connectivity index (χ0n) is 16.1. The maximum atomic E-state index is 10.4. The van der Waals surface area contributed by atoms with E-state index in [0.717, 1.165) is 42.4 Å². The van der Waals surface area contributed by atoms with Crippen LogP contribution in [0.1, 0.15) is 86.0 Å². The summed E-state index contributed by atoms with van der Waals surface area (Å²) in [4.78, 5) is 0. The largest absolute Gasteiger partial charge is 0.393 e. The van der Waals surface area contributed by atoms with Gasteiger partial charge in [-0.3, -0.25) is 0 Å². The highest BCUT2D eigenvalue weighted by atomic mass is 16.3. The molecule has 7 unspecified atom stereocenters. The molecule has 23 heavy (non-hydrogen) atoms. The first-order chi connectivity index (χ1) is 10.7. The SMILES string of the molecule is CC1CCC2C(C1)C1(CC2(C)C)CC(C)(C)C2CCC(O)CC21. The van der Waals surface area contributed by atoms with Gasteiger partial charge in [0.2, 0.25) is 0 Å². The van der Waals surface area contributed by atoms with Crippen molar-refractivity contribution in [3.8, 4) is 0 Å². The lowest BCUT2D eigenvalue weighted by Gasteiger charge is -2.46. The summed E-state index contributed by atoms with van der Waals surface area (Å²) in [5, 5.41) is 10.4. The molecule has 0 aromatic rings. The number of hydrogen-bond donors (Lipinski definition) is 1. The van der Waals surface area contributed by atoms with Crippen LogP contribution in [0.3, 0.4) is 0 Å². The summed E-state index contributed by atoms with van der Waals surface area (Å²) in [6, 6.07) is 0. The maximum Gasteiger partial charge on any atom is 0.0543 e. The van der Waals surface area contributed by atoms with Gasteiger partial charge in [0.25, 0.3) is 0 Å². The van der Waals surface area contributed by atoms with Crippen molar-refractivity contribution in [2.24, 2.45) is 45.8 Å². The highest BCUT2D eigenvalue weighted by Crippen LogP contribution is 2.75. The van der Waals surface area contributed by atoms with E-state index in [1.54, 1.807) is 0 Å². The second-order valence-corrected chi connectivity index (χ2v) is 11.4. The molecule has 132 valence electrons. The van der Waals surface area contributed by atoms with Gasteiger partial charge in [0, 0.05) is 0 Å². The fourth-order valence-electron chi connectivity index (χ4n) is 8.49. The Labute approximate surface area is 143 Å². The first-order valence-electron chi connectivity index (χ1n) is 10.3. The second kappa shape index (κ2) is 4.99. The summed E-state index contributed by atoms with van der Waals surface area (Å²) in [7, 11) is 0. The molecule has 4 aliphatic rings.